The van der Waals surface area contributed by atoms with Crippen molar-refractivity contribution >= 4 is 33.1 Å². The van der Waals surface area contributed by atoms with Gasteiger partial charge >= 0.3 is 11.9 Å². The molecule has 3 heterocycles. The minimum absolute atomic E-state index is 0.0487. The van der Waals surface area contributed by atoms with E-state index in [1.807, 2.05) is 42.5 Å². The molecule has 2 aromatic carbocycles. The van der Waals surface area contributed by atoms with Gasteiger partial charge in [0.05, 0.1) is 56.3 Å². The summed E-state index contributed by atoms with van der Waals surface area (Å²) in [6.07, 6.45) is 8.03. The molecule has 2 fully saturated rings. The molecule has 0 aromatic heterocycles. The topological polar surface area (TPSA) is 113 Å². The lowest BCUT2D eigenvalue weighted by molar-refractivity contribution is 0.0290. The van der Waals surface area contributed by atoms with Gasteiger partial charge in [0.25, 0.3) is 0 Å². The van der Waals surface area contributed by atoms with Crippen LogP contribution in [0.4, 0.5) is 0 Å². The van der Waals surface area contributed by atoms with Crippen LogP contribution < -0.4 is 0 Å². The molecule has 2 saturated heterocycles. The Bertz CT molecular complexity index is 1420. The standard InChI is InChI=1S/C31H30O9S/c32-29-25-3-1-2-4-27(25)41(24-8-5-20(6-9-24)30(33)37-13-11-35-16-22-18-39-22)28-10-7-21(15-26(28)29)31(34)38-14-12-36-17-23-19-40-23/h1-10,15,22-23,25H,11-14,16-19H2/p+1. The second-order valence-corrected chi connectivity index (χ2v) is 12.1. The number of allylic oxidation sites excluding steroid dienone is 4. The molecule has 6 rings (SSSR count). The first kappa shape index (κ1) is 27.7. The molecular weight excluding hydrogens is 548 g/mol. The molecule has 2 aromatic rings. The molecule has 0 radical (unpaired) electrons. The van der Waals surface area contributed by atoms with Gasteiger partial charge in [0.2, 0.25) is 0 Å². The smallest absolute Gasteiger partial charge is 0.338 e. The molecule has 9 nitrogen and oxygen atoms in total. The van der Waals surface area contributed by atoms with Gasteiger partial charge in [-0.2, -0.15) is 0 Å². The summed E-state index contributed by atoms with van der Waals surface area (Å²) >= 11 is 0. The quantitative estimate of drug-likeness (QED) is 0.0883. The Balaban J connectivity index is 1.17. The predicted octanol–water partition coefficient (Wildman–Crippen LogP) is 2.71. The highest BCUT2D eigenvalue weighted by Crippen LogP contribution is 2.34. The number of hydrogen-bond donors (Lipinski definition) is 0. The van der Waals surface area contributed by atoms with Crippen molar-refractivity contribution in [3.63, 3.8) is 0 Å². The summed E-state index contributed by atoms with van der Waals surface area (Å²) in [7, 11) is -1.07. The lowest BCUT2D eigenvalue weighted by atomic mass is 9.90. The van der Waals surface area contributed by atoms with Crippen LogP contribution in [0.15, 0.2) is 76.6 Å². The molecular formula is C31H31O9S+. The molecule has 4 aliphatic rings. The van der Waals surface area contributed by atoms with Crippen LogP contribution in [-0.4, -0.2) is 87.6 Å². The first-order valence-corrected chi connectivity index (χ1v) is 15.0. The van der Waals surface area contributed by atoms with Gasteiger partial charge in [-0.15, -0.1) is 0 Å². The van der Waals surface area contributed by atoms with E-state index < -0.39 is 28.3 Å². The van der Waals surface area contributed by atoms with Crippen molar-refractivity contribution in [2.24, 2.45) is 5.92 Å². The van der Waals surface area contributed by atoms with Crippen LogP contribution in [0.5, 0.6) is 0 Å². The van der Waals surface area contributed by atoms with Gasteiger partial charge in [-0.05, 0) is 48.5 Å². The first-order valence-electron chi connectivity index (χ1n) is 13.6. The first-order chi connectivity index (χ1) is 20.1. The zero-order chi connectivity index (χ0) is 28.2. The van der Waals surface area contributed by atoms with E-state index in [0.29, 0.717) is 43.1 Å². The molecule has 10 heteroatoms. The number of benzene rings is 2. The van der Waals surface area contributed by atoms with Crippen LogP contribution in [0, 0.1) is 5.92 Å². The lowest BCUT2D eigenvalue weighted by Gasteiger charge is -2.24. The number of hydrogen-bond acceptors (Lipinski definition) is 9. The minimum atomic E-state index is -1.07. The van der Waals surface area contributed by atoms with Crippen molar-refractivity contribution in [3.8, 4) is 0 Å². The van der Waals surface area contributed by atoms with Gasteiger partial charge in [-0.3, -0.25) is 4.79 Å². The van der Waals surface area contributed by atoms with E-state index in [4.69, 9.17) is 28.4 Å². The van der Waals surface area contributed by atoms with E-state index in [1.165, 1.54) is 0 Å². The second kappa shape index (κ2) is 12.6. The monoisotopic (exact) mass is 579 g/mol. The molecule has 41 heavy (non-hydrogen) atoms. The maximum atomic E-state index is 13.5. The van der Waals surface area contributed by atoms with E-state index in [0.717, 1.165) is 21.3 Å². The van der Waals surface area contributed by atoms with Crippen LogP contribution in [0.25, 0.3) is 0 Å². The Hall–Kier alpha value is -3.41. The van der Waals surface area contributed by atoms with E-state index in [9.17, 15) is 14.4 Å². The summed E-state index contributed by atoms with van der Waals surface area (Å²) in [6, 6.07) is 12.5. The third-order valence-electron chi connectivity index (χ3n) is 6.97. The highest BCUT2D eigenvalue weighted by atomic mass is 32.2. The summed E-state index contributed by atoms with van der Waals surface area (Å²) in [5.41, 5.74) is 1.28. The maximum absolute atomic E-state index is 13.5. The van der Waals surface area contributed by atoms with Gasteiger partial charge in [0, 0.05) is 0 Å². The molecule has 0 N–H and O–H groups in total. The van der Waals surface area contributed by atoms with E-state index in [1.54, 1.807) is 24.3 Å². The Labute approximate surface area is 239 Å². The number of ether oxygens (including phenoxy) is 6. The Kier molecular flexibility index (Phi) is 8.54. The zero-order valence-electron chi connectivity index (χ0n) is 22.4. The van der Waals surface area contributed by atoms with Crippen LogP contribution in [-0.2, 0) is 38.9 Å². The summed E-state index contributed by atoms with van der Waals surface area (Å²) < 4.78 is 31.7. The zero-order valence-corrected chi connectivity index (χ0v) is 23.3. The maximum Gasteiger partial charge on any atom is 0.338 e. The molecule has 0 amide bonds. The molecule has 3 aliphatic heterocycles. The largest absolute Gasteiger partial charge is 0.460 e. The van der Waals surface area contributed by atoms with E-state index in [2.05, 4.69) is 0 Å². The normalized spacial score (nSPS) is 23.5. The number of Topliss-reactive ketones (excluding diaryl/α,β-unsaturated/α-hetero) is 1. The summed E-state index contributed by atoms with van der Waals surface area (Å²) in [5.74, 6) is -1.38. The molecule has 0 bridgehead atoms. The molecule has 0 spiro atoms. The number of carbonyl (C=O) groups excluding carboxylic acids is 3. The third kappa shape index (κ3) is 6.74. The van der Waals surface area contributed by atoms with E-state index in [-0.39, 0.29) is 37.8 Å². The number of rotatable bonds is 13. The number of ketones is 1. The predicted molar refractivity (Wildman–Crippen MR) is 151 cm³/mol. The fraction of sp³-hybridized carbons (Fsp3) is 0.355. The average Bonchev–Trinajstić information content (AvgIpc) is 3.93. The summed E-state index contributed by atoms with van der Waals surface area (Å²) in [4.78, 5) is 41.7. The number of esters is 2. The molecule has 1 aliphatic carbocycles. The van der Waals surface area contributed by atoms with Gasteiger partial charge in [-0.25, -0.2) is 9.59 Å². The third-order valence-corrected chi connectivity index (χ3v) is 9.60. The Morgan fingerprint density at radius 2 is 1.41 bits per heavy atom. The molecule has 4 unspecified atom stereocenters. The van der Waals surface area contributed by atoms with Crippen LogP contribution in [0.3, 0.4) is 0 Å². The summed E-state index contributed by atoms with van der Waals surface area (Å²) in [6.45, 7) is 3.32. The van der Waals surface area contributed by atoms with Gasteiger partial charge in [-0.1, -0.05) is 28.7 Å². The Morgan fingerprint density at radius 1 is 0.805 bits per heavy atom. The van der Waals surface area contributed by atoms with E-state index >= 15 is 0 Å². The van der Waals surface area contributed by atoms with Crippen LogP contribution >= 0.6 is 0 Å². The highest BCUT2D eigenvalue weighted by Gasteiger charge is 2.38. The van der Waals surface area contributed by atoms with Crippen molar-refractivity contribution in [2.45, 2.75) is 22.0 Å². The number of thiol groups is 1. The van der Waals surface area contributed by atoms with Crippen molar-refractivity contribution in [1.29, 1.82) is 0 Å². The lowest BCUT2D eigenvalue weighted by Crippen LogP contribution is -2.32. The van der Waals surface area contributed by atoms with Gasteiger partial charge in [0.1, 0.15) is 46.0 Å². The van der Waals surface area contributed by atoms with Crippen LogP contribution in [0.1, 0.15) is 31.1 Å². The number of fused-ring (bicyclic) bond motifs is 2. The second-order valence-electron chi connectivity index (χ2n) is 9.96. The van der Waals surface area contributed by atoms with Crippen molar-refractivity contribution in [3.05, 3.63) is 83.5 Å². The molecule has 214 valence electrons. The van der Waals surface area contributed by atoms with Crippen molar-refractivity contribution in [2.75, 3.05) is 52.9 Å². The number of carbonyl (C=O) groups is 3. The van der Waals surface area contributed by atoms with Gasteiger partial charge < -0.3 is 28.4 Å². The average molecular weight is 580 g/mol. The minimum Gasteiger partial charge on any atom is -0.460 e. The summed E-state index contributed by atoms with van der Waals surface area (Å²) in [5, 5.41) is 0. The van der Waals surface area contributed by atoms with Crippen molar-refractivity contribution in [1.82, 2.24) is 0 Å². The molecule has 0 saturated carbocycles. The number of epoxide rings is 2. The fourth-order valence-corrected chi connectivity index (χ4v) is 7.33. The van der Waals surface area contributed by atoms with Crippen LogP contribution in [0.2, 0.25) is 0 Å². The van der Waals surface area contributed by atoms with Gasteiger partial charge in [0.15, 0.2) is 5.78 Å². The molecule has 4 atom stereocenters. The van der Waals surface area contributed by atoms with Crippen molar-refractivity contribution < 1.29 is 42.8 Å². The Morgan fingerprint density at radius 3 is 2.05 bits per heavy atom. The highest BCUT2D eigenvalue weighted by molar-refractivity contribution is 7.97. The fourth-order valence-electron chi connectivity index (χ4n) is 4.68. The SMILES string of the molecule is O=C(OCCOCC1CO1)c1ccc([SH+]2=C3C=CC=CC3C(=O)c3cc(C(=O)OCCOCC4CO4)ccc32)cc1.